The maximum Gasteiger partial charge on any atom is 0.339 e. The van der Waals surface area contributed by atoms with Crippen LogP contribution in [0.25, 0.3) is 0 Å². The first-order valence-electron chi connectivity index (χ1n) is 7.19. The molecule has 1 amide bonds. The molecular weight excluding hydrogens is 258 g/mol. The van der Waals surface area contributed by atoms with E-state index in [9.17, 15) is 14.7 Å². The van der Waals surface area contributed by atoms with Crippen LogP contribution < -0.4 is 5.32 Å². The molecule has 0 spiro atoms. The first kappa shape index (κ1) is 13.4. The maximum atomic E-state index is 12.1. The lowest BCUT2D eigenvalue weighted by atomic mass is 9.65. The highest BCUT2D eigenvalue weighted by Gasteiger charge is 2.79. The van der Waals surface area contributed by atoms with Crippen molar-refractivity contribution in [3.05, 3.63) is 0 Å². The number of nitrogens with one attached hydrogen (secondary N) is 1. The van der Waals surface area contributed by atoms with Crippen LogP contribution in [0.5, 0.6) is 0 Å². The summed E-state index contributed by atoms with van der Waals surface area (Å²) in [6.45, 7) is 3.62. The van der Waals surface area contributed by atoms with E-state index in [2.05, 4.69) is 17.2 Å². The zero-order valence-corrected chi connectivity index (χ0v) is 11.7. The zero-order chi connectivity index (χ0) is 14.5. The third-order valence-electron chi connectivity index (χ3n) is 5.05. The van der Waals surface area contributed by atoms with Crippen molar-refractivity contribution in [1.82, 2.24) is 5.32 Å². The molecule has 0 aromatic heterocycles. The number of fused-ring (bicyclic) bond motifs is 1. The molecule has 5 nitrogen and oxygen atoms in total. The minimum absolute atomic E-state index is 0.219. The quantitative estimate of drug-likeness (QED) is 0.577. The molecule has 2 N–H and O–H groups in total. The lowest BCUT2D eigenvalue weighted by Crippen LogP contribution is -2.80. The van der Waals surface area contributed by atoms with Crippen molar-refractivity contribution < 1.29 is 19.4 Å². The van der Waals surface area contributed by atoms with Crippen molar-refractivity contribution in [1.29, 1.82) is 0 Å². The van der Waals surface area contributed by atoms with Gasteiger partial charge in [-0.3, -0.25) is 4.79 Å². The Bertz CT molecular complexity index is 534. The number of hydrogen-bond acceptors (Lipinski definition) is 4. The lowest BCUT2D eigenvalue weighted by Gasteiger charge is -2.54. The van der Waals surface area contributed by atoms with E-state index in [4.69, 9.17) is 4.74 Å². The van der Waals surface area contributed by atoms with Crippen LogP contribution in [0.4, 0.5) is 0 Å². The summed E-state index contributed by atoms with van der Waals surface area (Å²) in [6, 6.07) is 0. The Morgan fingerprint density at radius 3 is 2.85 bits per heavy atom. The summed E-state index contributed by atoms with van der Waals surface area (Å²) in [5, 5.41) is 13.4. The number of amides is 1. The van der Waals surface area contributed by atoms with Crippen molar-refractivity contribution in [2.24, 2.45) is 11.8 Å². The molecule has 5 heteroatoms. The number of aliphatic hydroxyl groups is 1. The van der Waals surface area contributed by atoms with Gasteiger partial charge in [0.05, 0.1) is 5.92 Å². The van der Waals surface area contributed by atoms with Gasteiger partial charge in [0.25, 0.3) is 0 Å². The largest absolute Gasteiger partial charge is 0.453 e. The van der Waals surface area contributed by atoms with Crippen molar-refractivity contribution in [3.63, 3.8) is 0 Å². The van der Waals surface area contributed by atoms with Gasteiger partial charge < -0.3 is 15.2 Å². The standard InChI is InChI=1S/C15H19NO4/c1-3-10-12(18)16-15(13(19)20-14(10,15)2)11(17)9-7-5-4-6-8-9/h9-11,17H,3-5,7H2,1-2H3,(H,16,18). The van der Waals surface area contributed by atoms with Crippen LogP contribution in [0, 0.1) is 23.7 Å². The van der Waals surface area contributed by atoms with Crippen molar-refractivity contribution in [3.8, 4) is 11.8 Å². The highest BCUT2D eigenvalue weighted by molar-refractivity contribution is 6.01. The van der Waals surface area contributed by atoms with Gasteiger partial charge in [-0.2, -0.15) is 0 Å². The predicted octanol–water partition coefficient (Wildman–Crippen LogP) is 0.361. The second-order valence-corrected chi connectivity index (χ2v) is 6.02. The predicted molar refractivity (Wildman–Crippen MR) is 70.3 cm³/mol. The first-order valence-corrected chi connectivity index (χ1v) is 7.19. The molecule has 0 aromatic rings. The summed E-state index contributed by atoms with van der Waals surface area (Å²) in [6.07, 6.45) is 2.03. The molecular formula is C15H19NO4. The van der Waals surface area contributed by atoms with E-state index >= 15 is 0 Å². The average Bonchev–Trinajstić information content (AvgIpc) is 2.62. The number of carbonyl (C=O) groups excluding carboxylic acids is 2. The molecule has 0 radical (unpaired) electrons. The van der Waals surface area contributed by atoms with Gasteiger partial charge in [-0.15, -0.1) is 5.92 Å². The normalized spacial score (nSPS) is 43.5. The van der Waals surface area contributed by atoms with Crippen molar-refractivity contribution >= 4 is 11.9 Å². The minimum atomic E-state index is -1.32. The highest BCUT2D eigenvalue weighted by atomic mass is 16.6. The number of aliphatic hydroxyl groups excluding tert-OH is 1. The molecule has 2 saturated heterocycles. The Morgan fingerprint density at radius 2 is 2.30 bits per heavy atom. The van der Waals surface area contributed by atoms with Gasteiger partial charge >= 0.3 is 5.97 Å². The van der Waals surface area contributed by atoms with Crippen molar-refractivity contribution in [2.45, 2.75) is 56.8 Å². The fourth-order valence-electron chi connectivity index (χ4n) is 3.85. The molecule has 1 aliphatic carbocycles. The molecule has 2 aliphatic heterocycles. The third-order valence-corrected chi connectivity index (χ3v) is 5.05. The maximum absolute atomic E-state index is 12.1. The van der Waals surface area contributed by atoms with Crippen LogP contribution >= 0.6 is 0 Å². The second kappa shape index (κ2) is 4.23. The second-order valence-electron chi connectivity index (χ2n) is 6.02. The Kier molecular flexibility index (Phi) is 2.84. The number of ether oxygens (including phenoxy) is 1. The highest BCUT2D eigenvalue weighted by Crippen LogP contribution is 2.52. The van der Waals surface area contributed by atoms with Crippen LogP contribution in [-0.4, -0.2) is 34.2 Å². The molecule has 108 valence electrons. The van der Waals surface area contributed by atoms with E-state index in [1.807, 2.05) is 6.92 Å². The summed E-state index contributed by atoms with van der Waals surface area (Å²) in [5.74, 6) is 4.53. The number of esters is 1. The average molecular weight is 277 g/mol. The van der Waals surface area contributed by atoms with Gasteiger partial charge in [0.1, 0.15) is 6.10 Å². The van der Waals surface area contributed by atoms with Gasteiger partial charge in [-0.05, 0) is 26.2 Å². The Labute approximate surface area is 118 Å². The summed E-state index contributed by atoms with van der Waals surface area (Å²) >= 11 is 0. The summed E-state index contributed by atoms with van der Waals surface area (Å²) in [4.78, 5) is 24.2. The van der Waals surface area contributed by atoms with Crippen LogP contribution in [0.15, 0.2) is 0 Å². The minimum Gasteiger partial charge on any atom is -0.453 e. The SMILES string of the molecule is CCC1C(=O)NC2(C(O)C3C#CCCC3)C(=O)OC12C. The molecule has 2 heterocycles. The van der Waals surface area contributed by atoms with Crippen LogP contribution in [0.3, 0.4) is 0 Å². The van der Waals surface area contributed by atoms with Crippen LogP contribution in [0.1, 0.15) is 39.5 Å². The van der Waals surface area contributed by atoms with E-state index in [0.29, 0.717) is 6.42 Å². The molecule has 0 saturated carbocycles. The molecule has 20 heavy (non-hydrogen) atoms. The molecule has 0 bridgehead atoms. The fourth-order valence-corrected chi connectivity index (χ4v) is 3.85. The van der Waals surface area contributed by atoms with Gasteiger partial charge in [-0.25, -0.2) is 4.79 Å². The fraction of sp³-hybridized carbons (Fsp3) is 0.733. The van der Waals surface area contributed by atoms with E-state index in [1.165, 1.54) is 0 Å². The number of rotatable bonds is 3. The number of carbonyl (C=O) groups is 2. The Balaban J connectivity index is 1.98. The Hall–Kier alpha value is -1.54. The van der Waals surface area contributed by atoms with Crippen LogP contribution in [-0.2, 0) is 14.3 Å². The lowest BCUT2D eigenvalue weighted by molar-refractivity contribution is -0.237. The summed E-state index contributed by atoms with van der Waals surface area (Å²) in [5.41, 5.74) is -2.28. The van der Waals surface area contributed by atoms with Gasteiger partial charge in [0, 0.05) is 12.3 Å². The van der Waals surface area contributed by atoms with E-state index in [-0.39, 0.29) is 11.8 Å². The van der Waals surface area contributed by atoms with E-state index in [0.717, 1.165) is 19.3 Å². The first-order chi connectivity index (χ1) is 9.47. The monoisotopic (exact) mass is 277 g/mol. The molecule has 5 unspecified atom stereocenters. The number of hydrogen-bond donors (Lipinski definition) is 2. The van der Waals surface area contributed by atoms with Gasteiger partial charge in [0.2, 0.25) is 11.4 Å². The smallest absolute Gasteiger partial charge is 0.339 e. The van der Waals surface area contributed by atoms with Gasteiger partial charge in [-0.1, -0.05) is 12.8 Å². The molecule has 2 fully saturated rings. The summed E-state index contributed by atoms with van der Waals surface area (Å²) in [7, 11) is 0. The molecule has 5 atom stereocenters. The summed E-state index contributed by atoms with van der Waals surface area (Å²) < 4.78 is 5.31. The molecule has 3 aliphatic rings. The Morgan fingerprint density at radius 1 is 1.55 bits per heavy atom. The van der Waals surface area contributed by atoms with Crippen LogP contribution in [0.2, 0.25) is 0 Å². The molecule has 0 aromatic carbocycles. The van der Waals surface area contributed by atoms with E-state index < -0.39 is 29.1 Å². The third kappa shape index (κ3) is 1.38. The zero-order valence-electron chi connectivity index (χ0n) is 11.7. The molecule has 3 rings (SSSR count). The van der Waals surface area contributed by atoms with Gasteiger partial charge in [0.15, 0.2) is 5.60 Å². The van der Waals surface area contributed by atoms with E-state index in [1.54, 1.807) is 6.92 Å². The van der Waals surface area contributed by atoms with Crippen molar-refractivity contribution in [2.75, 3.05) is 0 Å². The topological polar surface area (TPSA) is 75.6 Å².